The normalized spacial score (nSPS) is 10.8. The summed E-state index contributed by atoms with van der Waals surface area (Å²) < 4.78 is 11.3. The highest BCUT2D eigenvalue weighted by atomic mass is 35.5. The maximum atomic E-state index is 6.28. The van der Waals surface area contributed by atoms with E-state index in [-0.39, 0.29) is 5.88 Å². The van der Waals surface area contributed by atoms with Gasteiger partial charge in [-0.3, -0.25) is 4.98 Å². The van der Waals surface area contributed by atoms with Crippen molar-refractivity contribution in [1.29, 1.82) is 0 Å². The van der Waals surface area contributed by atoms with Crippen molar-refractivity contribution in [2.24, 2.45) is 5.73 Å². The zero-order valence-corrected chi connectivity index (χ0v) is 16.8. The molecule has 0 fully saturated rings. The molecule has 152 valence electrons. The van der Waals surface area contributed by atoms with Gasteiger partial charge >= 0.3 is 0 Å². The molecule has 3 heterocycles. The van der Waals surface area contributed by atoms with Gasteiger partial charge in [0, 0.05) is 18.0 Å². The van der Waals surface area contributed by atoms with Crippen molar-refractivity contribution in [3.8, 4) is 17.4 Å². The van der Waals surface area contributed by atoms with E-state index >= 15 is 0 Å². The number of aromatic nitrogens is 5. The highest BCUT2D eigenvalue weighted by molar-refractivity contribution is 6.32. The topological polar surface area (TPSA) is 121 Å². The fourth-order valence-corrected chi connectivity index (χ4v) is 2.82. The third-order valence-electron chi connectivity index (χ3n) is 4.02. The Labute approximate surface area is 177 Å². The second kappa shape index (κ2) is 8.85. The van der Waals surface area contributed by atoms with Crippen LogP contribution >= 0.6 is 11.6 Å². The average molecular weight is 424 g/mol. The van der Waals surface area contributed by atoms with E-state index in [1.807, 2.05) is 13.0 Å². The van der Waals surface area contributed by atoms with Crippen molar-refractivity contribution in [2.75, 3.05) is 18.5 Å². The second-order valence-electron chi connectivity index (χ2n) is 6.27. The van der Waals surface area contributed by atoms with Crippen LogP contribution in [0.15, 0.2) is 49.2 Å². The Morgan fingerprint density at radius 1 is 1.00 bits per heavy atom. The summed E-state index contributed by atoms with van der Waals surface area (Å²) in [5.74, 6) is 2.46. The summed E-state index contributed by atoms with van der Waals surface area (Å²) >= 11 is 6.28. The molecule has 0 atom stereocenters. The average Bonchev–Trinajstić information content (AvgIpc) is 2.76. The molecule has 1 aromatic carbocycles. The molecule has 10 heteroatoms. The van der Waals surface area contributed by atoms with Crippen LogP contribution in [0.3, 0.4) is 0 Å². The van der Waals surface area contributed by atoms with Crippen LogP contribution in [0, 0.1) is 6.92 Å². The summed E-state index contributed by atoms with van der Waals surface area (Å²) in [7, 11) is 0. The number of ether oxygens (including phenoxy) is 2. The van der Waals surface area contributed by atoms with Crippen molar-refractivity contribution in [1.82, 2.24) is 24.9 Å². The smallest absolute Gasteiger partial charge is 0.238 e. The van der Waals surface area contributed by atoms with Crippen molar-refractivity contribution in [3.63, 3.8) is 0 Å². The van der Waals surface area contributed by atoms with Gasteiger partial charge in [-0.05, 0) is 25.1 Å². The number of benzene rings is 1. The number of nitrogens with zero attached hydrogens (tertiary/aromatic N) is 5. The molecule has 0 aliphatic heterocycles. The summed E-state index contributed by atoms with van der Waals surface area (Å²) in [4.78, 5) is 21.4. The number of anilines is 2. The van der Waals surface area contributed by atoms with E-state index in [1.54, 1.807) is 30.6 Å². The quantitative estimate of drug-likeness (QED) is 0.458. The molecule has 0 unspecified atom stereocenters. The van der Waals surface area contributed by atoms with Gasteiger partial charge in [0.1, 0.15) is 41.1 Å². The molecule has 9 nitrogen and oxygen atoms in total. The molecule has 0 saturated carbocycles. The highest BCUT2D eigenvalue weighted by Crippen LogP contribution is 2.32. The molecule has 30 heavy (non-hydrogen) atoms. The first-order valence-corrected chi connectivity index (χ1v) is 9.47. The number of pyridine rings is 1. The lowest BCUT2D eigenvalue weighted by molar-refractivity contribution is 0.326. The lowest BCUT2D eigenvalue weighted by atomic mass is 10.2. The molecule has 3 N–H and O–H groups in total. The minimum absolute atomic E-state index is 0.256. The predicted octanol–water partition coefficient (Wildman–Crippen LogP) is 3.65. The van der Waals surface area contributed by atoms with Gasteiger partial charge in [0.15, 0.2) is 0 Å². The number of aryl methyl sites for hydroxylation is 1. The first-order valence-electron chi connectivity index (χ1n) is 9.09. The van der Waals surface area contributed by atoms with Crippen LogP contribution in [-0.2, 0) is 0 Å². The Morgan fingerprint density at radius 3 is 2.67 bits per heavy atom. The fraction of sp³-hybridized carbons (Fsp3) is 0.150. The molecule has 3 aromatic heterocycles. The fourth-order valence-electron chi connectivity index (χ4n) is 2.63. The molecule has 0 aliphatic rings. The summed E-state index contributed by atoms with van der Waals surface area (Å²) in [5.41, 5.74) is 7.00. The first kappa shape index (κ1) is 19.7. The van der Waals surface area contributed by atoms with Gasteiger partial charge in [-0.2, -0.15) is 0 Å². The molecule has 0 saturated heterocycles. The maximum absolute atomic E-state index is 6.28. The van der Waals surface area contributed by atoms with Crippen molar-refractivity contribution >= 4 is 34.1 Å². The van der Waals surface area contributed by atoms with Crippen molar-refractivity contribution < 1.29 is 9.47 Å². The second-order valence-corrected chi connectivity index (χ2v) is 6.67. The van der Waals surface area contributed by atoms with E-state index < -0.39 is 0 Å². The van der Waals surface area contributed by atoms with Crippen LogP contribution in [0.1, 0.15) is 5.69 Å². The first-order chi connectivity index (χ1) is 14.6. The number of nitrogens with one attached hydrogen (secondary N) is 1. The molecule has 4 rings (SSSR count). The lowest BCUT2D eigenvalue weighted by Gasteiger charge is -2.11. The maximum Gasteiger partial charge on any atom is 0.238 e. The van der Waals surface area contributed by atoms with Crippen LogP contribution in [-0.4, -0.2) is 38.1 Å². The van der Waals surface area contributed by atoms with Crippen LogP contribution < -0.4 is 20.5 Å². The number of rotatable bonds is 7. The van der Waals surface area contributed by atoms with Gasteiger partial charge in [0.05, 0.1) is 29.8 Å². The van der Waals surface area contributed by atoms with E-state index in [9.17, 15) is 0 Å². The number of halogens is 1. The van der Waals surface area contributed by atoms with Gasteiger partial charge in [0.25, 0.3) is 0 Å². The molecular formula is C20H18ClN7O2. The third-order valence-corrected chi connectivity index (χ3v) is 4.29. The molecule has 0 bridgehead atoms. The minimum Gasteiger partial charge on any atom is -0.491 e. The molecule has 0 aliphatic carbocycles. The van der Waals surface area contributed by atoms with Crippen LogP contribution in [0.25, 0.3) is 10.9 Å². The Bertz CT molecular complexity index is 1170. The molecule has 0 radical (unpaired) electrons. The number of fused-ring (bicyclic) bond motifs is 1. The van der Waals surface area contributed by atoms with Crippen LogP contribution in [0.4, 0.5) is 11.6 Å². The third kappa shape index (κ3) is 4.53. The molecule has 0 spiro atoms. The van der Waals surface area contributed by atoms with E-state index in [0.29, 0.717) is 41.3 Å². The summed E-state index contributed by atoms with van der Waals surface area (Å²) in [5, 5.41) is 4.22. The molecule has 0 amide bonds. The van der Waals surface area contributed by atoms with E-state index in [4.69, 9.17) is 26.8 Å². The summed E-state index contributed by atoms with van der Waals surface area (Å²) in [6, 6.07) is 7.04. The SMILES string of the molecule is Cc1cnc(Nc2ncnc3ccc(Oc4ncc(OCCN)cc4Cl)cc23)cn1. The predicted molar refractivity (Wildman–Crippen MR) is 113 cm³/mol. The molecular weight excluding hydrogens is 406 g/mol. The Kier molecular flexibility index (Phi) is 5.82. The Hall–Kier alpha value is -3.56. The zero-order valence-electron chi connectivity index (χ0n) is 16.0. The van der Waals surface area contributed by atoms with Gasteiger partial charge < -0.3 is 20.5 Å². The van der Waals surface area contributed by atoms with Gasteiger partial charge in [-0.15, -0.1) is 0 Å². The van der Waals surface area contributed by atoms with E-state index in [2.05, 4.69) is 30.2 Å². The number of hydrogen-bond acceptors (Lipinski definition) is 9. The largest absolute Gasteiger partial charge is 0.491 e. The number of hydrogen-bond donors (Lipinski definition) is 2. The summed E-state index contributed by atoms with van der Waals surface area (Å²) in [6.45, 7) is 2.65. The monoisotopic (exact) mass is 423 g/mol. The summed E-state index contributed by atoms with van der Waals surface area (Å²) in [6.07, 6.45) is 6.33. The van der Waals surface area contributed by atoms with Gasteiger partial charge in [-0.1, -0.05) is 11.6 Å². The van der Waals surface area contributed by atoms with Crippen molar-refractivity contribution in [3.05, 3.63) is 59.9 Å². The minimum atomic E-state index is 0.256. The van der Waals surface area contributed by atoms with Gasteiger partial charge in [0.2, 0.25) is 5.88 Å². The van der Waals surface area contributed by atoms with Crippen LogP contribution in [0.2, 0.25) is 5.02 Å². The lowest BCUT2D eigenvalue weighted by Crippen LogP contribution is -2.10. The van der Waals surface area contributed by atoms with Gasteiger partial charge in [-0.25, -0.2) is 19.9 Å². The zero-order chi connectivity index (χ0) is 20.9. The standard InChI is InChI=1S/C20H18ClN7O2/c1-12-8-24-18(10-23-12)28-19-15-6-13(2-3-17(15)26-11-27-19)30-20-16(21)7-14(9-25-20)29-5-4-22/h2-3,6-11H,4-5,22H2,1H3,(H,24,26,27,28). The van der Waals surface area contributed by atoms with Crippen LogP contribution in [0.5, 0.6) is 17.4 Å². The highest BCUT2D eigenvalue weighted by Gasteiger charge is 2.11. The Balaban J connectivity index is 1.60. The van der Waals surface area contributed by atoms with Crippen molar-refractivity contribution in [2.45, 2.75) is 6.92 Å². The number of nitrogens with two attached hydrogens (primary N) is 1. The van der Waals surface area contributed by atoms with E-state index in [1.165, 1.54) is 12.5 Å². The Morgan fingerprint density at radius 2 is 1.90 bits per heavy atom. The molecule has 4 aromatic rings. The van der Waals surface area contributed by atoms with E-state index in [0.717, 1.165) is 16.6 Å².